The minimum atomic E-state index is 0.528. The molecule has 0 aliphatic rings. The Kier molecular flexibility index (Phi) is 8.46. The second kappa shape index (κ2) is 10.3. The van der Waals surface area contributed by atoms with Crippen molar-refractivity contribution in [3.63, 3.8) is 0 Å². The molecule has 0 fully saturated rings. The summed E-state index contributed by atoms with van der Waals surface area (Å²) in [6.45, 7) is 8.08. The van der Waals surface area contributed by atoms with Gasteiger partial charge in [0.25, 0.3) is 0 Å². The van der Waals surface area contributed by atoms with Gasteiger partial charge in [-0.2, -0.15) is 0 Å². The molecule has 0 amide bonds. The molecule has 1 rings (SSSR count). The maximum Gasteiger partial charge on any atom is 0.188 e. The molecule has 0 aliphatic carbocycles. The highest BCUT2D eigenvalue weighted by molar-refractivity contribution is 5.77. The molecule has 6 nitrogen and oxygen atoms in total. The number of unbranched alkanes of at least 4 members (excludes halogenated alkanes) is 1. The van der Waals surface area contributed by atoms with E-state index in [4.69, 9.17) is 10.5 Å². The first kappa shape index (κ1) is 16.5. The average Bonchev–Trinajstić information content (AvgIpc) is 2.84. The molecule has 20 heavy (non-hydrogen) atoms. The van der Waals surface area contributed by atoms with Gasteiger partial charge in [0.2, 0.25) is 0 Å². The number of aliphatic imine (C=N–C) groups is 1. The van der Waals surface area contributed by atoms with E-state index in [1.54, 1.807) is 0 Å². The van der Waals surface area contributed by atoms with Crippen LogP contribution in [0, 0.1) is 6.92 Å². The molecule has 0 aromatic carbocycles. The van der Waals surface area contributed by atoms with Gasteiger partial charge in [0.15, 0.2) is 5.96 Å². The van der Waals surface area contributed by atoms with Crippen molar-refractivity contribution < 1.29 is 4.74 Å². The minimum absolute atomic E-state index is 0.528. The van der Waals surface area contributed by atoms with E-state index in [-0.39, 0.29) is 0 Å². The van der Waals surface area contributed by atoms with Crippen molar-refractivity contribution in [1.82, 2.24) is 14.9 Å². The highest BCUT2D eigenvalue weighted by Gasteiger charge is 1.96. The monoisotopic (exact) mass is 281 g/mol. The molecule has 0 unspecified atom stereocenters. The molecule has 0 saturated carbocycles. The van der Waals surface area contributed by atoms with Crippen molar-refractivity contribution in [2.24, 2.45) is 10.7 Å². The van der Waals surface area contributed by atoms with E-state index in [2.05, 4.69) is 19.9 Å². The molecular weight excluding hydrogens is 254 g/mol. The molecule has 114 valence electrons. The van der Waals surface area contributed by atoms with Crippen LogP contribution in [0.2, 0.25) is 0 Å². The molecule has 1 aromatic heterocycles. The Morgan fingerprint density at radius 1 is 1.45 bits per heavy atom. The molecule has 0 radical (unpaired) electrons. The van der Waals surface area contributed by atoms with Crippen molar-refractivity contribution in [1.29, 1.82) is 0 Å². The first-order chi connectivity index (χ1) is 9.74. The predicted octanol–water partition coefficient (Wildman–Crippen LogP) is 1.30. The molecule has 0 bridgehead atoms. The van der Waals surface area contributed by atoms with Crippen molar-refractivity contribution in [2.75, 3.05) is 26.3 Å². The molecule has 0 spiro atoms. The van der Waals surface area contributed by atoms with Crippen LogP contribution in [0.3, 0.4) is 0 Å². The maximum atomic E-state index is 5.77. The summed E-state index contributed by atoms with van der Waals surface area (Å²) in [5.74, 6) is 1.59. The largest absolute Gasteiger partial charge is 0.382 e. The van der Waals surface area contributed by atoms with Crippen LogP contribution in [0.5, 0.6) is 0 Å². The van der Waals surface area contributed by atoms with Crippen LogP contribution in [0.15, 0.2) is 17.4 Å². The normalized spacial score (nSPS) is 11.8. The van der Waals surface area contributed by atoms with Crippen LogP contribution in [0.4, 0.5) is 0 Å². The van der Waals surface area contributed by atoms with Gasteiger partial charge in [-0.25, -0.2) is 4.98 Å². The lowest BCUT2D eigenvalue weighted by Crippen LogP contribution is -2.32. The standard InChI is InChI=1S/C14H27N5O/c1-3-20-12-6-8-18-14(15)17-7-4-5-10-19-11-9-16-13(19)2/h9,11H,3-8,10,12H2,1-2H3,(H3,15,17,18). The lowest BCUT2D eigenvalue weighted by molar-refractivity contribution is 0.146. The smallest absolute Gasteiger partial charge is 0.188 e. The number of rotatable bonds is 10. The number of ether oxygens (including phenoxy) is 1. The number of hydrogen-bond donors (Lipinski definition) is 2. The van der Waals surface area contributed by atoms with E-state index in [0.29, 0.717) is 12.5 Å². The van der Waals surface area contributed by atoms with Crippen LogP contribution in [0.25, 0.3) is 0 Å². The fraction of sp³-hybridized carbons (Fsp3) is 0.714. The zero-order valence-corrected chi connectivity index (χ0v) is 12.6. The SMILES string of the molecule is CCOCCCN=C(N)NCCCCn1ccnc1C. The van der Waals surface area contributed by atoms with Crippen molar-refractivity contribution in [3.05, 3.63) is 18.2 Å². The molecule has 0 atom stereocenters. The quantitative estimate of drug-likeness (QED) is 0.385. The van der Waals surface area contributed by atoms with E-state index in [1.807, 2.05) is 26.2 Å². The molecule has 0 saturated heterocycles. The second-order valence-electron chi connectivity index (χ2n) is 4.62. The molecular formula is C14H27N5O. The molecule has 6 heteroatoms. The predicted molar refractivity (Wildman–Crippen MR) is 81.8 cm³/mol. The van der Waals surface area contributed by atoms with Gasteiger partial charge in [0.1, 0.15) is 5.82 Å². The Morgan fingerprint density at radius 2 is 2.30 bits per heavy atom. The maximum absolute atomic E-state index is 5.77. The van der Waals surface area contributed by atoms with E-state index >= 15 is 0 Å². The molecule has 0 aliphatic heterocycles. The Balaban J connectivity index is 2.00. The molecule has 1 heterocycles. The van der Waals surface area contributed by atoms with E-state index < -0.39 is 0 Å². The van der Waals surface area contributed by atoms with Crippen LogP contribution in [-0.2, 0) is 11.3 Å². The molecule has 1 aromatic rings. The van der Waals surface area contributed by atoms with E-state index in [1.165, 1.54) is 0 Å². The third-order valence-electron chi connectivity index (χ3n) is 2.99. The summed E-state index contributed by atoms with van der Waals surface area (Å²) in [7, 11) is 0. The van der Waals surface area contributed by atoms with Gasteiger partial charge in [0, 0.05) is 45.2 Å². The number of aromatic nitrogens is 2. The Labute approximate surface area is 121 Å². The van der Waals surface area contributed by atoms with Crippen molar-refractivity contribution in [2.45, 2.75) is 39.7 Å². The summed E-state index contributed by atoms with van der Waals surface area (Å²) < 4.78 is 7.39. The number of nitrogens with one attached hydrogen (secondary N) is 1. The number of imidazole rings is 1. The lowest BCUT2D eigenvalue weighted by atomic mass is 10.3. The highest BCUT2D eigenvalue weighted by atomic mass is 16.5. The van der Waals surface area contributed by atoms with E-state index in [9.17, 15) is 0 Å². The number of guanidine groups is 1. The summed E-state index contributed by atoms with van der Waals surface area (Å²) >= 11 is 0. The van der Waals surface area contributed by atoms with Crippen molar-refractivity contribution >= 4 is 5.96 Å². The van der Waals surface area contributed by atoms with Gasteiger partial charge in [-0.1, -0.05) is 0 Å². The summed E-state index contributed by atoms with van der Waals surface area (Å²) in [6, 6.07) is 0. The Bertz CT molecular complexity index is 389. The Hall–Kier alpha value is -1.56. The number of nitrogens with two attached hydrogens (primary N) is 1. The average molecular weight is 281 g/mol. The zero-order valence-electron chi connectivity index (χ0n) is 12.6. The topological polar surface area (TPSA) is 77.5 Å². The zero-order chi connectivity index (χ0) is 14.6. The minimum Gasteiger partial charge on any atom is -0.382 e. The van der Waals surface area contributed by atoms with Gasteiger partial charge in [0.05, 0.1) is 0 Å². The van der Waals surface area contributed by atoms with Gasteiger partial charge < -0.3 is 20.4 Å². The fourth-order valence-corrected chi connectivity index (χ4v) is 1.83. The summed E-state index contributed by atoms with van der Waals surface area (Å²) in [5, 5.41) is 3.13. The van der Waals surface area contributed by atoms with Gasteiger partial charge in [-0.05, 0) is 33.1 Å². The van der Waals surface area contributed by atoms with Crippen LogP contribution in [-0.4, -0.2) is 41.8 Å². The van der Waals surface area contributed by atoms with Gasteiger partial charge in [-0.15, -0.1) is 0 Å². The van der Waals surface area contributed by atoms with Crippen LogP contribution >= 0.6 is 0 Å². The summed E-state index contributed by atoms with van der Waals surface area (Å²) in [5.41, 5.74) is 5.77. The van der Waals surface area contributed by atoms with Gasteiger partial charge in [-0.3, -0.25) is 4.99 Å². The van der Waals surface area contributed by atoms with Crippen molar-refractivity contribution in [3.8, 4) is 0 Å². The third kappa shape index (κ3) is 7.13. The number of aryl methyl sites for hydroxylation is 2. The summed E-state index contributed by atoms with van der Waals surface area (Å²) in [6.07, 6.45) is 6.92. The first-order valence-corrected chi connectivity index (χ1v) is 7.33. The second-order valence-corrected chi connectivity index (χ2v) is 4.62. The highest BCUT2D eigenvalue weighted by Crippen LogP contribution is 1.99. The number of nitrogens with zero attached hydrogens (tertiary/aromatic N) is 3. The first-order valence-electron chi connectivity index (χ1n) is 7.33. The van der Waals surface area contributed by atoms with E-state index in [0.717, 1.165) is 51.4 Å². The third-order valence-corrected chi connectivity index (χ3v) is 2.99. The van der Waals surface area contributed by atoms with Gasteiger partial charge >= 0.3 is 0 Å². The lowest BCUT2D eigenvalue weighted by Gasteiger charge is -2.07. The van der Waals surface area contributed by atoms with Crippen LogP contribution < -0.4 is 11.1 Å². The number of hydrogen-bond acceptors (Lipinski definition) is 3. The summed E-state index contributed by atoms with van der Waals surface area (Å²) in [4.78, 5) is 8.44. The Morgan fingerprint density at radius 3 is 3.00 bits per heavy atom. The molecule has 3 N–H and O–H groups in total. The van der Waals surface area contributed by atoms with Crippen LogP contribution in [0.1, 0.15) is 32.0 Å². The fourth-order valence-electron chi connectivity index (χ4n) is 1.83.